The summed E-state index contributed by atoms with van der Waals surface area (Å²) in [5.41, 5.74) is 2.78. The summed E-state index contributed by atoms with van der Waals surface area (Å²) in [4.78, 5) is 17.6. The highest BCUT2D eigenvalue weighted by Gasteiger charge is 2.21. The molecule has 0 N–H and O–H groups in total. The highest BCUT2D eigenvalue weighted by atomic mass is 32.1. The Morgan fingerprint density at radius 2 is 1.80 bits per heavy atom. The maximum absolute atomic E-state index is 10.9. The molecule has 0 fully saturated rings. The van der Waals surface area contributed by atoms with Crippen LogP contribution >= 0.6 is 11.3 Å². The smallest absolute Gasteiger partial charge is 0.211 e. The Hall–Kier alpha value is -0.870. The molecule has 2 heterocycles. The van der Waals surface area contributed by atoms with E-state index in [0.29, 0.717) is 0 Å². The number of hydrogen-bond acceptors (Lipinski definition) is 3. The largest absolute Gasteiger partial charge is 0.328 e. The monoisotopic (exact) mass is 224 g/mol. The van der Waals surface area contributed by atoms with E-state index in [4.69, 9.17) is 0 Å². The Labute approximate surface area is 94.3 Å². The Kier molecular flexibility index (Phi) is 2.80. The molecule has 1 aliphatic heterocycles. The number of nitrogens with zero attached hydrogens (tertiary/aromatic N) is 2. The molecular formula is C11H16N2OS. The molecule has 1 aromatic heterocycles. The molecule has 3 nitrogen and oxygen atoms in total. The first-order chi connectivity index (χ1) is 7.11. The standard InChI is InChI=1S/C11H16N2OS/c1-8-10-4-12(3)6-13(7-14)5-11(10)9(2)15-8/h7H,4-6H2,1-3H3. The first-order valence-electron chi connectivity index (χ1n) is 5.07. The van der Waals surface area contributed by atoms with Crippen LogP contribution in [0, 0.1) is 13.8 Å². The van der Waals surface area contributed by atoms with E-state index in [2.05, 4.69) is 25.8 Å². The Morgan fingerprint density at radius 1 is 1.20 bits per heavy atom. The first-order valence-corrected chi connectivity index (χ1v) is 5.89. The van der Waals surface area contributed by atoms with Crippen LogP contribution in [-0.2, 0) is 17.9 Å². The van der Waals surface area contributed by atoms with Gasteiger partial charge in [-0.25, -0.2) is 0 Å². The van der Waals surface area contributed by atoms with Gasteiger partial charge in [-0.1, -0.05) is 0 Å². The summed E-state index contributed by atoms with van der Waals surface area (Å²) in [7, 11) is 2.05. The van der Waals surface area contributed by atoms with Gasteiger partial charge in [0.25, 0.3) is 0 Å². The molecule has 0 saturated carbocycles. The summed E-state index contributed by atoms with van der Waals surface area (Å²) in [5, 5.41) is 0. The van der Waals surface area contributed by atoms with Crippen molar-refractivity contribution in [3.63, 3.8) is 0 Å². The van der Waals surface area contributed by atoms with Gasteiger partial charge >= 0.3 is 0 Å². The van der Waals surface area contributed by atoms with Gasteiger partial charge in [-0.3, -0.25) is 9.69 Å². The lowest BCUT2D eigenvalue weighted by Crippen LogP contribution is -2.31. The van der Waals surface area contributed by atoms with Crippen LogP contribution < -0.4 is 0 Å². The van der Waals surface area contributed by atoms with Gasteiger partial charge in [0, 0.05) is 22.8 Å². The normalized spacial score (nSPS) is 17.4. The van der Waals surface area contributed by atoms with Crippen molar-refractivity contribution in [1.29, 1.82) is 0 Å². The Morgan fingerprint density at radius 3 is 2.40 bits per heavy atom. The molecular weight excluding hydrogens is 208 g/mol. The van der Waals surface area contributed by atoms with E-state index < -0.39 is 0 Å². The van der Waals surface area contributed by atoms with Crippen LogP contribution in [0.15, 0.2) is 0 Å². The van der Waals surface area contributed by atoms with Gasteiger partial charge in [-0.2, -0.15) is 0 Å². The average Bonchev–Trinajstić information content (AvgIpc) is 2.39. The fraction of sp³-hybridized carbons (Fsp3) is 0.545. The van der Waals surface area contributed by atoms with Gasteiger partial charge in [0.2, 0.25) is 6.41 Å². The molecule has 4 heteroatoms. The van der Waals surface area contributed by atoms with Crippen LogP contribution in [0.1, 0.15) is 20.9 Å². The molecule has 15 heavy (non-hydrogen) atoms. The molecule has 0 spiro atoms. The SMILES string of the molecule is Cc1sc(C)c2c1CN(C)CN(C=O)C2. The minimum absolute atomic E-state index is 0.724. The number of aryl methyl sites for hydroxylation is 2. The van der Waals surface area contributed by atoms with E-state index in [9.17, 15) is 4.79 Å². The van der Waals surface area contributed by atoms with Crippen LogP contribution in [0.25, 0.3) is 0 Å². The maximum atomic E-state index is 10.9. The van der Waals surface area contributed by atoms with Crippen LogP contribution in [-0.4, -0.2) is 29.9 Å². The van der Waals surface area contributed by atoms with E-state index in [1.807, 2.05) is 16.2 Å². The molecule has 2 rings (SSSR count). The first kappa shape index (κ1) is 10.6. The number of carbonyl (C=O) groups is 1. The van der Waals surface area contributed by atoms with Gasteiger partial charge < -0.3 is 4.90 Å². The summed E-state index contributed by atoms with van der Waals surface area (Å²) in [6, 6.07) is 0. The predicted molar refractivity (Wildman–Crippen MR) is 61.7 cm³/mol. The third-order valence-electron chi connectivity index (χ3n) is 2.88. The zero-order valence-corrected chi connectivity index (χ0v) is 10.2. The third-order valence-corrected chi connectivity index (χ3v) is 3.99. The number of amides is 1. The van der Waals surface area contributed by atoms with Gasteiger partial charge in [0.15, 0.2) is 0 Å². The second-order valence-electron chi connectivity index (χ2n) is 4.18. The number of fused-ring (bicyclic) bond motifs is 1. The fourth-order valence-electron chi connectivity index (χ4n) is 2.15. The van der Waals surface area contributed by atoms with Crippen LogP contribution in [0.5, 0.6) is 0 Å². The molecule has 1 aromatic rings. The fourth-order valence-corrected chi connectivity index (χ4v) is 3.23. The average molecular weight is 224 g/mol. The quantitative estimate of drug-likeness (QED) is 0.678. The molecule has 1 amide bonds. The van der Waals surface area contributed by atoms with Crippen molar-refractivity contribution in [2.75, 3.05) is 13.7 Å². The third kappa shape index (κ3) is 1.92. The van der Waals surface area contributed by atoms with Crippen LogP contribution in [0.4, 0.5) is 0 Å². The van der Waals surface area contributed by atoms with Crippen molar-refractivity contribution in [2.24, 2.45) is 0 Å². The lowest BCUT2D eigenvalue weighted by molar-refractivity contribution is -0.120. The van der Waals surface area contributed by atoms with Crippen molar-refractivity contribution in [3.8, 4) is 0 Å². The van der Waals surface area contributed by atoms with E-state index in [0.717, 1.165) is 26.2 Å². The molecule has 0 saturated heterocycles. The van der Waals surface area contributed by atoms with E-state index in [-0.39, 0.29) is 0 Å². The molecule has 0 aliphatic carbocycles. The molecule has 82 valence electrons. The molecule has 0 atom stereocenters. The van der Waals surface area contributed by atoms with E-state index in [1.54, 1.807) is 0 Å². The number of hydrogen-bond donors (Lipinski definition) is 0. The highest BCUT2D eigenvalue weighted by Crippen LogP contribution is 2.30. The van der Waals surface area contributed by atoms with E-state index in [1.165, 1.54) is 20.9 Å². The van der Waals surface area contributed by atoms with E-state index >= 15 is 0 Å². The summed E-state index contributed by atoms with van der Waals surface area (Å²) < 4.78 is 0. The summed E-state index contributed by atoms with van der Waals surface area (Å²) >= 11 is 1.84. The zero-order chi connectivity index (χ0) is 11.0. The summed E-state index contributed by atoms with van der Waals surface area (Å²) in [5.74, 6) is 0. The van der Waals surface area contributed by atoms with Gasteiger partial charge in [-0.15, -0.1) is 11.3 Å². The molecule has 0 unspecified atom stereocenters. The molecule has 0 radical (unpaired) electrons. The summed E-state index contributed by atoms with van der Waals surface area (Å²) in [6.07, 6.45) is 0.943. The second-order valence-corrected chi connectivity index (χ2v) is 5.61. The lowest BCUT2D eigenvalue weighted by atomic mass is 10.1. The predicted octanol–water partition coefficient (Wildman–Crippen LogP) is 1.73. The van der Waals surface area contributed by atoms with Crippen molar-refractivity contribution >= 4 is 17.7 Å². The zero-order valence-electron chi connectivity index (χ0n) is 9.41. The van der Waals surface area contributed by atoms with Crippen molar-refractivity contribution in [1.82, 2.24) is 9.80 Å². The lowest BCUT2D eigenvalue weighted by Gasteiger charge is -2.20. The van der Waals surface area contributed by atoms with Crippen LogP contribution in [0.3, 0.4) is 0 Å². The highest BCUT2D eigenvalue weighted by molar-refractivity contribution is 7.12. The molecule has 0 aromatic carbocycles. The number of rotatable bonds is 1. The number of thiophene rings is 1. The molecule has 0 bridgehead atoms. The molecule has 1 aliphatic rings. The van der Waals surface area contributed by atoms with Crippen molar-refractivity contribution < 1.29 is 4.79 Å². The Bertz CT molecular complexity index is 386. The van der Waals surface area contributed by atoms with Crippen molar-refractivity contribution in [2.45, 2.75) is 26.9 Å². The Balaban J connectivity index is 2.41. The topological polar surface area (TPSA) is 23.6 Å². The maximum Gasteiger partial charge on any atom is 0.211 e. The van der Waals surface area contributed by atoms with Crippen molar-refractivity contribution in [3.05, 3.63) is 20.9 Å². The number of carbonyl (C=O) groups excluding carboxylic acids is 1. The minimum atomic E-state index is 0.724. The van der Waals surface area contributed by atoms with Crippen LogP contribution in [0.2, 0.25) is 0 Å². The van der Waals surface area contributed by atoms with Gasteiger partial charge in [0.05, 0.1) is 6.67 Å². The summed E-state index contributed by atoms with van der Waals surface area (Å²) in [6.45, 7) is 6.75. The second kappa shape index (κ2) is 3.94. The van der Waals surface area contributed by atoms with Gasteiger partial charge in [-0.05, 0) is 32.0 Å². The van der Waals surface area contributed by atoms with Gasteiger partial charge in [0.1, 0.15) is 0 Å². The minimum Gasteiger partial charge on any atom is -0.328 e.